The molecule has 2 amide bonds. The minimum atomic E-state index is -0.692. The van der Waals surface area contributed by atoms with Crippen LogP contribution in [0.4, 0.5) is 0 Å². The number of hydrogen-bond acceptors (Lipinski definition) is 5. The maximum absolute atomic E-state index is 12.1. The van der Waals surface area contributed by atoms with Gasteiger partial charge in [-0.2, -0.15) is 0 Å². The maximum atomic E-state index is 12.1. The van der Waals surface area contributed by atoms with Gasteiger partial charge in [0.1, 0.15) is 0 Å². The van der Waals surface area contributed by atoms with Crippen molar-refractivity contribution in [1.82, 2.24) is 10.6 Å². The summed E-state index contributed by atoms with van der Waals surface area (Å²) in [5.74, 6) is -1.65. The van der Waals surface area contributed by atoms with E-state index >= 15 is 0 Å². The zero-order valence-electron chi connectivity index (χ0n) is 17.1. The molecule has 2 aromatic carbocycles. The van der Waals surface area contributed by atoms with Crippen molar-refractivity contribution in [3.8, 4) is 0 Å². The first-order valence-corrected chi connectivity index (χ1v) is 9.70. The quantitative estimate of drug-likeness (QED) is 0.584. The molecular weight excluding hydrogens is 384 g/mol. The Morgan fingerprint density at radius 1 is 0.900 bits per heavy atom. The number of benzene rings is 2. The molecule has 0 radical (unpaired) electrons. The Morgan fingerprint density at radius 2 is 1.50 bits per heavy atom. The van der Waals surface area contributed by atoms with Crippen LogP contribution < -0.4 is 10.6 Å². The van der Waals surface area contributed by atoms with Gasteiger partial charge in [0.25, 0.3) is 11.8 Å². The van der Waals surface area contributed by atoms with Gasteiger partial charge in [0.05, 0.1) is 12.5 Å². The highest BCUT2D eigenvalue weighted by molar-refractivity contribution is 5.94. The molecule has 0 heterocycles. The highest BCUT2D eigenvalue weighted by Crippen LogP contribution is 2.05. The molecule has 0 fully saturated rings. The summed E-state index contributed by atoms with van der Waals surface area (Å²) in [6, 6.07) is 16.8. The Balaban J connectivity index is 1.75. The molecule has 0 aliphatic carbocycles. The van der Waals surface area contributed by atoms with Gasteiger partial charge in [0.15, 0.2) is 12.4 Å². The van der Waals surface area contributed by atoms with Crippen LogP contribution in [0.5, 0.6) is 0 Å². The van der Waals surface area contributed by atoms with Crippen molar-refractivity contribution in [3.63, 3.8) is 0 Å². The van der Waals surface area contributed by atoms with Crippen LogP contribution in [0.1, 0.15) is 36.2 Å². The molecule has 2 atom stereocenters. The lowest BCUT2D eigenvalue weighted by atomic mass is 10.0. The number of Topliss-reactive ketones (excluding diaryl/α,β-unsaturated/α-hetero) is 1. The average molecular weight is 410 g/mol. The second kappa shape index (κ2) is 11.5. The fourth-order valence-corrected chi connectivity index (χ4v) is 2.78. The third kappa shape index (κ3) is 7.87. The van der Waals surface area contributed by atoms with Gasteiger partial charge in [-0.05, 0) is 38.0 Å². The third-order valence-electron chi connectivity index (χ3n) is 4.36. The molecule has 30 heavy (non-hydrogen) atoms. The molecule has 2 aromatic rings. The summed E-state index contributed by atoms with van der Waals surface area (Å²) >= 11 is 0. The third-order valence-corrected chi connectivity index (χ3v) is 4.36. The van der Waals surface area contributed by atoms with Crippen LogP contribution in [0.2, 0.25) is 0 Å². The van der Waals surface area contributed by atoms with E-state index in [9.17, 15) is 19.2 Å². The second-order valence-electron chi connectivity index (χ2n) is 7.03. The molecule has 7 heteroatoms. The number of amides is 2. The van der Waals surface area contributed by atoms with Crippen molar-refractivity contribution in [2.24, 2.45) is 0 Å². The number of ether oxygens (including phenoxy) is 1. The topological polar surface area (TPSA) is 102 Å². The molecule has 158 valence electrons. The van der Waals surface area contributed by atoms with Crippen LogP contribution in [-0.4, -0.2) is 42.3 Å². The zero-order chi connectivity index (χ0) is 21.9. The predicted octanol–water partition coefficient (Wildman–Crippen LogP) is 2.05. The van der Waals surface area contributed by atoms with Gasteiger partial charge in [0, 0.05) is 11.6 Å². The van der Waals surface area contributed by atoms with Gasteiger partial charge in [-0.1, -0.05) is 48.5 Å². The molecule has 2 unspecified atom stereocenters. The first-order valence-electron chi connectivity index (χ1n) is 9.70. The van der Waals surface area contributed by atoms with Crippen LogP contribution in [0.3, 0.4) is 0 Å². The molecule has 0 aromatic heterocycles. The highest BCUT2D eigenvalue weighted by Gasteiger charge is 2.19. The van der Waals surface area contributed by atoms with Crippen LogP contribution in [0.25, 0.3) is 0 Å². The maximum Gasteiger partial charge on any atom is 0.308 e. The van der Waals surface area contributed by atoms with Crippen molar-refractivity contribution in [2.45, 2.75) is 38.8 Å². The number of hydrogen-bond donors (Lipinski definition) is 2. The van der Waals surface area contributed by atoms with E-state index in [4.69, 9.17) is 4.74 Å². The minimum Gasteiger partial charge on any atom is -0.456 e. The molecule has 0 aliphatic rings. The molecule has 7 nitrogen and oxygen atoms in total. The number of carbonyl (C=O) groups is 4. The normalized spacial score (nSPS) is 12.3. The summed E-state index contributed by atoms with van der Waals surface area (Å²) in [7, 11) is 0. The van der Waals surface area contributed by atoms with Crippen molar-refractivity contribution in [1.29, 1.82) is 0 Å². The monoisotopic (exact) mass is 410 g/mol. The lowest BCUT2D eigenvalue weighted by Gasteiger charge is -2.17. The molecule has 0 saturated heterocycles. The largest absolute Gasteiger partial charge is 0.456 e. The van der Waals surface area contributed by atoms with Gasteiger partial charge in [-0.15, -0.1) is 0 Å². The summed E-state index contributed by atoms with van der Waals surface area (Å²) < 4.78 is 4.98. The summed E-state index contributed by atoms with van der Waals surface area (Å²) in [6.07, 6.45) is 0.282. The molecule has 0 bridgehead atoms. The fraction of sp³-hybridized carbons (Fsp3) is 0.304. The first kappa shape index (κ1) is 22.8. The molecular formula is C23H26N2O5. The molecule has 0 aliphatic heterocycles. The highest BCUT2D eigenvalue weighted by atomic mass is 16.5. The van der Waals surface area contributed by atoms with E-state index in [-0.39, 0.29) is 18.1 Å². The molecule has 2 rings (SSSR count). The van der Waals surface area contributed by atoms with Crippen molar-refractivity contribution in [3.05, 3.63) is 71.8 Å². The Hall–Kier alpha value is -3.48. The van der Waals surface area contributed by atoms with Gasteiger partial charge < -0.3 is 15.4 Å². The van der Waals surface area contributed by atoms with E-state index in [1.807, 2.05) is 30.3 Å². The first-order chi connectivity index (χ1) is 14.3. The van der Waals surface area contributed by atoms with Crippen LogP contribution >= 0.6 is 0 Å². The average Bonchev–Trinajstić information content (AvgIpc) is 2.73. The SMILES string of the molecule is CC(=O)C(Cc1ccccc1)NC(=O)COC(=O)CC(C)NC(=O)c1ccccc1. The molecule has 0 spiro atoms. The summed E-state index contributed by atoms with van der Waals surface area (Å²) in [5, 5.41) is 5.30. The molecule has 2 N–H and O–H groups in total. The Morgan fingerprint density at radius 3 is 2.10 bits per heavy atom. The number of carbonyl (C=O) groups excluding carboxylic acids is 4. The zero-order valence-corrected chi connectivity index (χ0v) is 17.1. The smallest absolute Gasteiger partial charge is 0.308 e. The van der Waals surface area contributed by atoms with Crippen molar-refractivity contribution >= 4 is 23.6 Å². The number of rotatable bonds is 10. The standard InChI is InChI=1S/C23H26N2O5/c1-16(24-23(29)19-11-7-4-8-12-19)13-22(28)30-15-21(27)25-20(17(2)26)14-18-9-5-3-6-10-18/h3-12,16,20H,13-15H2,1-2H3,(H,24,29)(H,25,27). The van der Waals surface area contributed by atoms with Crippen LogP contribution in [0.15, 0.2) is 60.7 Å². The Labute approximate surface area is 175 Å². The van der Waals surface area contributed by atoms with Crippen molar-refractivity contribution < 1.29 is 23.9 Å². The number of nitrogens with one attached hydrogen (secondary N) is 2. The Kier molecular flexibility index (Phi) is 8.75. The predicted molar refractivity (Wildman–Crippen MR) is 112 cm³/mol. The van der Waals surface area contributed by atoms with E-state index in [1.165, 1.54) is 6.92 Å². The van der Waals surface area contributed by atoms with E-state index in [2.05, 4.69) is 10.6 Å². The Bertz CT molecular complexity index is 868. The van der Waals surface area contributed by atoms with Crippen LogP contribution in [-0.2, 0) is 25.5 Å². The van der Waals surface area contributed by atoms with E-state index in [0.29, 0.717) is 12.0 Å². The summed E-state index contributed by atoms with van der Waals surface area (Å²) in [4.78, 5) is 48.0. The van der Waals surface area contributed by atoms with Gasteiger partial charge in [-0.3, -0.25) is 19.2 Å². The summed E-state index contributed by atoms with van der Waals surface area (Å²) in [6.45, 7) is 2.58. The van der Waals surface area contributed by atoms with Gasteiger partial charge in [-0.25, -0.2) is 0 Å². The summed E-state index contributed by atoms with van der Waals surface area (Å²) in [5.41, 5.74) is 1.41. The lowest BCUT2D eigenvalue weighted by molar-refractivity contribution is -0.149. The van der Waals surface area contributed by atoms with Crippen molar-refractivity contribution in [2.75, 3.05) is 6.61 Å². The number of ketones is 1. The fourth-order valence-electron chi connectivity index (χ4n) is 2.78. The number of esters is 1. The minimum absolute atomic E-state index is 0.0774. The molecule has 0 saturated carbocycles. The van der Waals surface area contributed by atoms with Gasteiger partial charge >= 0.3 is 5.97 Å². The second-order valence-corrected chi connectivity index (χ2v) is 7.03. The van der Waals surface area contributed by atoms with E-state index < -0.39 is 30.6 Å². The van der Waals surface area contributed by atoms with Crippen LogP contribution in [0, 0.1) is 0 Å². The lowest BCUT2D eigenvalue weighted by Crippen LogP contribution is -2.43. The van der Waals surface area contributed by atoms with E-state index in [0.717, 1.165) is 5.56 Å². The van der Waals surface area contributed by atoms with E-state index in [1.54, 1.807) is 37.3 Å². The van der Waals surface area contributed by atoms with Gasteiger partial charge in [0.2, 0.25) is 0 Å².